The van der Waals surface area contributed by atoms with Crippen LogP contribution in [-0.2, 0) is 0 Å². The number of aromatic amines is 2. The van der Waals surface area contributed by atoms with Gasteiger partial charge >= 0.3 is 5.69 Å². The van der Waals surface area contributed by atoms with Gasteiger partial charge in [0.15, 0.2) is 0 Å². The Morgan fingerprint density at radius 2 is 1.92 bits per heavy atom. The van der Waals surface area contributed by atoms with Crippen LogP contribution in [0.25, 0.3) is 0 Å². The lowest BCUT2D eigenvalue weighted by Crippen LogP contribution is -2.28. The zero-order chi connectivity index (χ0) is 10.0. The van der Waals surface area contributed by atoms with Crippen LogP contribution in [0.2, 0.25) is 0 Å². The van der Waals surface area contributed by atoms with Gasteiger partial charge in [0.2, 0.25) is 0 Å². The van der Waals surface area contributed by atoms with Crippen molar-refractivity contribution in [3.05, 3.63) is 32.1 Å². The molecule has 4 nitrogen and oxygen atoms in total. The van der Waals surface area contributed by atoms with Crippen LogP contribution in [0.15, 0.2) is 9.59 Å². The number of rotatable bonds is 2. The molecule has 1 rings (SSSR count). The molecule has 1 unspecified atom stereocenters. The van der Waals surface area contributed by atoms with E-state index in [2.05, 4.69) is 9.97 Å². The van der Waals surface area contributed by atoms with Crippen LogP contribution in [0, 0.1) is 6.92 Å². The van der Waals surface area contributed by atoms with Crippen molar-refractivity contribution in [3.8, 4) is 0 Å². The highest BCUT2D eigenvalue weighted by molar-refractivity contribution is 5.18. The number of hydrogen-bond acceptors (Lipinski definition) is 2. The van der Waals surface area contributed by atoms with Crippen LogP contribution < -0.4 is 11.2 Å². The van der Waals surface area contributed by atoms with Crippen molar-refractivity contribution in [2.75, 3.05) is 0 Å². The molecule has 72 valence electrons. The zero-order valence-electron chi connectivity index (χ0n) is 8.10. The highest BCUT2D eigenvalue weighted by Crippen LogP contribution is 2.15. The summed E-state index contributed by atoms with van der Waals surface area (Å²) in [6.45, 7) is 5.72. The Balaban J connectivity index is 3.37. The molecule has 0 amide bonds. The molecule has 0 aromatic carbocycles. The van der Waals surface area contributed by atoms with Crippen LogP contribution in [0.5, 0.6) is 0 Å². The van der Waals surface area contributed by atoms with E-state index in [-0.39, 0.29) is 11.5 Å². The lowest BCUT2D eigenvalue weighted by atomic mass is 9.99. The largest absolute Gasteiger partial charge is 0.325 e. The summed E-state index contributed by atoms with van der Waals surface area (Å²) < 4.78 is 0. The minimum atomic E-state index is -0.436. The summed E-state index contributed by atoms with van der Waals surface area (Å²) in [7, 11) is 0. The average Bonchev–Trinajstić information content (AvgIpc) is 2.02. The summed E-state index contributed by atoms with van der Waals surface area (Å²) in [5.41, 5.74) is 0.648. The second-order valence-corrected chi connectivity index (χ2v) is 3.26. The molecule has 0 radical (unpaired) electrons. The fourth-order valence-corrected chi connectivity index (χ4v) is 1.41. The molecule has 1 heterocycles. The van der Waals surface area contributed by atoms with Gasteiger partial charge in [-0.05, 0) is 19.3 Å². The Hall–Kier alpha value is -1.32. The molecular weight excluding hydrogens is 168 g/mol. The molecule has 0 fully saturated rings. The Morgan fingerprint density at radius 3 is 2.38 bits per heavy atom. The Bertz CT molecular complexity index is 403. The maximum atomic E-state index is 11.4. The second-order valence-electron chi connectivity index (χ2n) is 3.26. The minimum absolute atomic E-state index is 0.181. The van der Waals surface area contributed by atoms with E-state index < -0.39 is 5.69 Å². The van der Waals surface area contributed by atoms with Crippen LogP contribution in [0.3, 0.4) is 0 Å². The van der Waals surface area contributed by atoms with Gasteiger partial charge in [-0.3, -0.25) is 9.78 Å². The third-order valence-corrected chi connectivity index (χ3v) is 2.28. The van der Waals surface area contributed by atoms with Gasteiger partial charge in [-0.15, -0.1) is 0 Å². The monoisotopic (exact) mass is 182 g/mol. The molecule has 0 saturated heterocycles. The maximum Gasteiger partial charge on any atom is 0.325 e. The fraction of sp³-hybridized carbons (Fsp3) is 0.556. The maximum absolute atomic E-state index is 11.4. The summed E-state index contributed by atoms with van der Waals surface area (Å²) >= 11 is 0. The first-order chi connectivity index (χ1) is 6.06. The Morgan fingerprint density at radius 1 is 1.31 bits per heavy atom. The third kappa shape index (κ3) is 1.88. The molecule has 0 saturated carbocycles. The van der Waals surface area contributed by atoms with Crippen molar-refractivity contribution >= 4 is 0 Å². The van der Waals surface area contributed by atoms with Gasteiger partial charge in [-0.25, -0.2) is 4.79 Å². The predicted molar refractivity (Wildman–Crippen MR) is 51.1 cm³/mol. The lowest BCUT2D eigenvalue weighted by molar-refractivity contribution is 0.703. The average molecular weight is 182 g/mol. The van der Waals surface area contributed by atoms with E-state index in [9.17, 15) is 9.59 Å². The molecule has 1 aromatic rings. The van der Waals surface area contributed by atoms with Gasteiger partial charge in [0, 0.05) is 11.3 Å². The van der Waals surface area contributed by atoms with Crippen LogP contribution in [0.4, 0.5) is 0 Å². The first kappa shape index (κ1) is 9.77. The van der Waals surface area contributed by atoms with E-state index in [1.165, 1.54) is 0 Å². The molecule has 2 N–H and O–H groups in total. The van der Waals surface area contributed by atoms with Crippen molar-refractivity contribution in [2.45, 2.75) is 33.1 Å². The molecule has 1 aromatic heterocycles. The van der Waals surface area contributed by atoms with E-state index >= 15 is 0 Å². The normalized spacial score (nSPS) is 12.8. The van der Waals surface area contributed by atoms with Gasteiger partial charge in [-0.2, -0.15) is 0 Å². The van der Waals surface area contributed by atoms with E-state index in [0.29, 0.717) is 11.3 Å². The van der Waals surface area contributed by atoms with Gasteiger partial charge < -0.3 is 4.98 Å². The smallest absolute Gasteiger partial charge is 0.311 e. The van der Waals surface area contributed by atoms with E-state index in [1.54, 1.807) is 6.92 Å². The molecule has 1 atom stereocenters. The Kier molecular flexibility index (Phi) is 2.70. The highest BCUT2D eigenvalue weighted by atomic mass is 16.2. The van der Waals surface area contributed by atoms with Crippen molar-refractivity contribution in [1.29, 1.82) is 0 Å². The fourth-order valence-electron chi connectivity index (χ4n) is 1.41. The van der Waals surface area contributed by atoms with Crippen molar-refractivity contribution in [3.63, 3.8) is 0 Å². The third-order valence-electron chi connectivity index (χ3n) is 2.28. The number of aryl methyl sites for hydroxylation is 1. The standard InChI is InChI=1S/C9H14N2O2/c1-4-5(2)7-6(3)10-9(13)11-8(7)12/h5H,4H2,1-3H3,(H2,10,11,12,13). The minimum Gasteiger partial charge on any atom is -0.311 e. The summed E-state index contributed by atoms with van der Waals surface area (Å²) in [6, 6.07) is 0. The van der Waals surface area contributed by atoms with E-state index in [1.807, 2.05) is 13.8 Å². The summed E-state index contributed by atoms with van der Waals surface area (Å²) in [4.78, 5) is 27.1. The van der Waals surface area contributed by atoms with Crippen molar-refractivity contribution < 1.29 is 0 Å². The first-order valence-electron chi connectivity index (χ1n) is 4.39. The molecule has 0 spiro atoms. The van der Waals surface area contributed by atoms with Crippen LogP contribution in [0.1, 0.15) is 37.4 Å². The molecule has 4 heteroatoms. The first-order valence-corrected chi connectivity index (χ1v) is 4.39. The van der Waals surface area contributed by atoms with Crippen molar-refractivity contribution in [1.82, 2.24) is 9.97 Å². The van der Waals surface area contributed by atoms with E-state index in [4.69, 9.17) is 0 Å². The van der Waals surface area contributed by atoms with E-state index in [0.717, 1.165) is 6.42 Å². The summed E-state index contributed by atoms with van der Waals surface area (Å²) in [6.07, 6.45) is 0.885. The van der Waals surface area contributed by atoms with Gasteiger partial charge in [0.1, 0.15) is 0 Å². The lowest BCUT2D eigenvalue weighted by Gasteiger charge is -2.09. The second kappa shape index (κ2) is 3.60. The van der Waals surface area contributed by atoms with Crippen LogP contribution >= 0.6 is 0 Å². The number of H-pyrrole nitrogens is 2. The molecule has 0 aliphatic heterocycles. The molecular formula is C9H14N2O2. The van der Waals surface area contributed by atoms with Gasteiger partial charge in [0.25, 0.3) is 5.56 Å². The summed E-state index contributed by atoms with van der Waals surface area (Å²) in [5.74, 6) is 0.181. The topological polar surface area (TPSA) is 65.7 Å². The number of nitrogens with one attached hydrogen (secondary N) is 2. The number of aromatic nitrogens is 2. The quantitative estimate of drug-likeness (QED) is 0.713. The zero-order valence-corrected chi connectivity index (χ0v) is 8.10. The highest BCUT2D eigenvalue weighted by Gasteiger charge is 2.11. The Labute approximate surface area is 76.0 Å². The molecule has 13 heavy (non-hydrogen) atoms. The molecule has 0 aliphatic carbocycles. The predicted octanol–water partition coefficient (Wildman–Crippen LogP) is 0.885. The van der Waals surface area contributed by atoms with Gasteiger partial charge in [-0.1, -0.05) is 13.8 Å². The SMILES string of the molecule is CCC(C)c1c(C)[nH]c(=O)[nH]c1=O. The van der Waals surface area contributed by atoms with Gasteiger partial charge in [0.05, 0.1) is 0 Å². The summed E-state index contributed by atoms with van der Waals surface area (Å²) in [5, 5.41) is 0. The number of hydrogen-bond donors (Lipinski definition) is 2. The molecule has 0 bridgehead atoms. The van der Waals surface area contributed by atoms with Crippen LogP contribution in [-0.4, -0.2) is 9.97 Å². The molecule has 0 aliphatic rings. The van der Waals surface area contributed by atoms with Crippen molar-refractivity contribution in [2.24, 2.45) is 0 Å².